The third kappa shape index (κ3) is 1.67. The summed E-state index contributed by atoms with van der Waals surface area (Å²) in [6, 6.07) is 9.99. The first-order chi connectivity index (χ1) is 8.68. The van der Waals surface area contributed by atoms with Crippen LogP contribution in [-0.2, 0) is 0 Å². The lowest BCUT2D eigenvalue weighted by molar-refractivity contribution is 0.523. The second kappa shape index (κ2) is 4.26. The van der Waals surface area contributed by atoms with Gasteiger partial charge in [-0.05, 0) is 36.9 Å². The molecule has 2 N–H and O–H groups in total. The minimum absolute atomic E-state index is 0.169. The molecule has 2 aromatic heterocycles. The van der Waals surface area contributed by atoms with Gasteiger partial charge in [0.15, 0.2) is 0 Å². The predicted molar refractivity (Wildman–Crippen MR) is 76.0 cm³/mol. The summed E-state index contributed by atoms with van der Waals surface area (Å²) in [6.45, 7) is 4.16. The van der Waals surface area contributed by atoms with E-state index in [0.29, 0.717) is 0 Å². The number of fused-ring (bicyclic) bond motifs is 1. The first-order valence-corrected chi connectivity index (χ1v) is 6.84. The van der Waals surface area contributed by atoms with E-state index in [9.17, 15) is 0 Å². The highest BCUT2D eigenvalue weighted by molar-refractivity contribution is 7.10. The first-order valence-electron chi connectivity index (χ1n) is 5.96. The maximum absolute atomic E-state index is 6.34. The van der Waals surface area contributed by atoms with E-state index in [1.165, 1.54) is 10.4 Å². The summed E-state index contributed by atoms with van der Waals surface area (Å²) in [6.07, 6.45) is 0. The van der Waals surface area contributed by atoms with Gasteiger partial charge in [-0.3, -0.25) is 0 Å². The highest BCUT2D eigenvalue weighted by atomic mass is 32.1. The van der Waals surface area contributed by atoms with Crippen molar-refractivity contribution in [3.05, 3.63) is 57.5 Å². The molecule has 0 radical (unpaired) electrons. The number of hydrogen-bond acceptors (Lipinski definition) is 3. The molecule has 0 saturated carbocycles. The van der Waals surface area contributed by atoms with Gasteiger partial charge >= 0.3 is 0 Å². The van der Waals surface area contributed by atoms with E-state index in [0.717, 1.165) is 22.3 Å². The van der Waals surface area contributed by atoms with Crippen LogP contribution in [0.4, 0.5) is 0 Å². The molecule has 0 aliphatic rings. The highest BCUT2D eigenvalue weighted by Crippen LogP contribution is 2.34. The lowest BCUT2D eigenvalue weighted by Crippen LogP contribution is -2.11. The summed E-state index contributed by atoms with van der Waals surface area (Å²) < 4.78 is 5.92. The van der Waals surface area contributed by atoms with Gasteiger partial charge in [-0.1, -0.05) is 18.2 Å². The van der Waals surface area contributed by atoms with E-state index in [1.807, 2.05) is 18.2 Å². The summed E-state index contributed by atoms with van der Waals surface area (Å²) in [5, 5.41) is 3.22. The number of furan rings is 1. The van der Waals surface area contributed by atoms with Crippen molar-refractivity contribution in [2.75, 3.05) is 0 Å². The van der Waals surface area contributed by atoms with Crippen LogP contribution in [-0.4, -0.2) is 0 Å². The molecule has 18 heavy (non-hydrogen) atoms. The number of nitrogens with two attached hydrogens (primary N) is 1. The van der Waals surface area contributed by atoms with Crippen LogP contribution in [0.15, 0.2) is 40.1 Å². The van der Waals surface area contributed by atoms with Crippen molar-refractivity contribution < 1.29 is 4.42 Å². The van der Waals surface area contributed by atoms with E-state index in [4.69, 9.17) is 10.2 Å². The summed E-state index contributed by atoms with van der Waals surface area (Å²) in [5.41, 5.74) is 9.63. The van der Waals surface area contributed by atoms with Crippen LogP contribution in [0.1, 0.15) is 27.8 Å². The molecule has 0 saturated heterocycles. The fraction of sp³-hybridized carbons (Fsp3) is 0.200. The monoisotopic (exact) mass is 257 g/mol. The van der Waals surface area contributed by atoms with Gasteiger partial charge in [0, 0.05) is 15.8 Å². The van der Waals surface area contributed by atoms with Gasteiger partial charge in [-0.2, -0.15) is 0 Å². The van der Waals surface area contributed by atoms with Crippen molar-refractivity contribution in [1.82, 2.24) is 0 Å². The van der Waals surface area contributed by atoms with Crippen LogP contribution in [0.2, 0.25) is 0 Å². The normalized spacial score (nSPS) is 13.1. The Morgan fingerprint density at radius 1 is 1.17 bits per heavy atom. The zero-order valence-corrected chi connectivity index (χ0v) is 11.3. The van der Waals surface area contributed by atoms with Crippen molar-refractivity contribution in [2.24, 2.45) is 5.73 Å². The van der Waals surface area contributed by atoms with Gasteiger partial charge in [-0.15, -0.1) is 11.3 Å². The van der Waals surface area contributed by atoms with Crippen LogP contribution in [0.25, 0.3) is 11.0 Å². The Morgan fingerprint density at radius 2 is 1.94 bits per heavy atom. The van der Waals surface area contributed by atoms with Crippen LogP contribution < -0.4 is 5.73 Å². The van der Waals surface area contributed by atoms with Gasteiger partial charge in [0.1, 0.15) is 11.3 Å². The molecular formula is C15H15NOS. The Labute approximate surface area is 110 Å². The first kappa shape index (κ1) is 11.5. The lowest BCUT2D eigenvalue weighted by atomic mass is 10.1. The zero-order valence-electron chi connectivity index (χ0n) is 10.4. The largest absolute Gasteiger partial charge is 0.459 e. The topological polar surface area (TPSA) is 39.2 Å². The van der Waals surface area contributed by atoms with Crippen molar-refractivity contribution >= 4 is 22.3 Å². The van der Waals surface area contributed by atoms with Gasteiger partial charge in [-0.25, -0.2) is 0 Å². The Balaban J connectivity index is 2.15. The molecule has 3 aromatic rings. The summed E-state index contributed by atoms with van der Waals surface area (Å²) in [7, 11) is 0. The molecule has 0 spiro atoms. The summed E-state index contributed by atoms with van der Waals surface area (Å²) in [5.74, 6) is 0.877. The third-order valence-corrected chi connectivity index (χ3v) is 4.45. The second-order valence-electron chi connectivity index (χ2n) is 4.53. The molecule has 1 aromatic carbocycles. The SMILES string of the molecule is Cc1ccsc1C(N)c1oc2ccccc2c1C. The molecule has 1 unspecified atom stereocenters. The molecule has 2 nitrogen and oxygen atoms in total. The fourth-order valence-electron chi connectivity index (χ4n) is 2.31. The van der Waals surface area contributed by atoms with Crippen LogP contribution >= 0.6 is 11.3 Å². The third-order valence-electron chi connectivity index (χ3n) is 3.35. The smallest absolute Gasteiger partial charge is 0.134 e. The van der Waals surface area contributed by atoms with Crippen LogP contribution in [0, 0.1) is 13.8 Å². The molecule has 0 fully saturated rings. The average molecular weight is 257 g/mol. The lowest BCUT2D eigenvalue weighted by Gasteiger charge is -2.09. The predicted octanol–water partition coefficient (Wildman–Crippen LogP) is 4.16. The van der Waals surface area contributed by atoms with E-state index in [1.54, 1.807) is 11.3 Å². The Kier molecular flexibility index (Phi) is 2.73. The molecule has 0 amide bonds. The fourth-order valence-corrected chi connectivity index (χ4v) is 3.24. The Bertz CT molecular complexity index is 695. The maximum Gasteiger partial charge on any atom is 0.134 e. The molecule has 0 bridgehead atoms. The molecule has 0 aliphatic carbocycles. The molecule has 92 valence electrons. The number of thiophene rings is 1. The van der Waals surface area contributed by atoms with Crippen molar-refractivity contribution in [2.45, 2.75) is 19.9 Å². The van der Waals surface area contributed by atoms with E-state index in [2.05, 4.69) is 31.4 Å². The van der Waals surface area contributed by atoms with E-state index < -0.39 is 0 Å². The number of aryl methyl sites for hydroxylation is 2. The van der Waals surface area contributed by atoms with Crippen molar-refractivity contribution in [3.8, 4) is 0 Å². The Hall–Kier alpha value is -1.58. The number of benzene rings is 1. The minimum Gasteiger partial charge on any atom is -0.459 e. The number of rotatable bonds is 2. The van der Waals surface area contributed by atoms with Gasteiger partial charge < -0.3 is 10.2 Å². The minimum atomic E-state index is -0.169. The molecule has 0 aliphatic heterocycles. The van der Waals surface area contributed by atoms with Crippen molar-refractivity contribution in [1.29, 1.82) is 0 Å². The standard InChI is InChI=1S/C15H15NOS/c1-9-7-8-18-15(9)13(16)14-10(2)11-5-3-4-6-12(11)17-14/h3-8,13H,16H2,1-2H3. The second-order valence-corrected chi connectivity index (χ2v) is 5.48. The van der Waals surface area contributed by atoms with Gasteiger partial charge in [0.25, 0.3) is 0 Å². The Morgan fingerprint density at radius 3 is 2.61 bits per heavy atom. The molecular weight excluding hydrogens is 242 g/mol. The summed E-state index contributed by atoms with van der Waals surface area (Å²) in [4.78, 5) is 1.18. The van der Waals surface area contributed by atoms with E-state index >= 15 is 0 Å². The quantitative estimate of drug-likeness (QED) is 0.748. The van der Waals surface area contributed by atoms with E-state index in [-0.39, 0.29) is 6.04 Å². The maximum atomic E-state index is 6.34. The molecule has 2 heterocycles. The van der Waals surface area contributed by atoms with Crippen LogP contribution in [0.3, 0.4) is 0 Å². The number of hydrogen-bond donors (Lipinski definition) is 1. The zero-order chi connectivity index (χ0) is 12.7. The number of para-hydroxylation sites is 1. The van der Waals surface area contributed by atoms with Gasteiger partial charge in [0.2, 0.25) is 0 Å². The molecule has 3 heteroatoms. The molecule has 3 rings (SSSR count). The molecule has 1 atom stereocenters. The highest BCUT2D eigenvalue weighted by Gasteiger charge is 2.20. The van der Waals surface area contributed by atoms with Crippen LogP contribution in [0.5, 0.6) is 0 Å². The summed E-state index contributed by atoms with van der Waals surface area (Å²) >= 11 is 1.69. The average Bonchev–Trinajstić information content (AvgIpc) is 2.94. The van der Waals surface area contributed by atoms with Gasteiger partial charge in [0.05, 0.1) is 6.04 Å². The van der Waals surface area contributed by atoms with Crippen molar-refractivity contribution in [3.63, 3.8) is 0 Å².